The average molecular weight is 315 g/mol. The maximum absolute atomic E-state index is 11.7. The summed E-state index contributed by atoms with van der Waals surface area (Å²) < 4.78 is 0.600. The van der Waals surface area contributed by atoms with E-state index in [1.54, 1.807) is 18.3 Å². The number of carboxylic acid groups (broad SMARTS) is 1. The molecule has 2 N–H and O–H groups in total. The molecule has 5 nitrogen and oxygen atoms in total. The number of hydrogen-bond acceptors (Lipinski definition) is 3. The van der Waals surface area contributed by atoms with Gasteiger partial charge in [0.25, 0.3) is 0 Å². The number of pyridine rings is 1. The molecule has 0 saturated heterocycles. The molecule has 0 fully saturated rings. The fraction of sp³-hybridized carbons (Fsp3) is 0.417. The highest BCUT2D eigenvalue weighted by Gasteiger charge is 2.19. The highest BCUT2D eigenvalue weighted by molar-refractivity contribution is 9.10. The summed E-state index contributed by atoms with van der Waals surface area (Å²) in [5.41, 5.74) is 0.732. The zero-order valence-corrected chi connectivity index (χ0v) is 11.6. The fourth-order valence-corrected chi connectivity index (χ4v) is 1.91. The molecule has 0 bridgehead atoms. The first-order valence-corrected chi connectivity index (χ1v) is 6.45. The summed E-state index contributed by atoms with van der Waals surface area (Å²) in [6, 6.07) is 2.68. The van der Waals surface area contributed by atoms with Crippen molar-refractivity contribution in [3.8, 4) is 0 Å². The predicted octanol–water partition coefficient (Wildman–Crippen LogP) is 1.76. The van der Waals surface area contributed by atoms with Gasteiger partial charge < -0.3 is 10.4 Å². The van der Waals surface area contributed by atoms with Crippen molar-refractivity contribution in [3.05, 3.63) is 28.5 Å². The van der Waals surface area contributed by atoms with E-state index in [2.05, 4.69) is 26.2 Å². The van der Waals surface area contributed by atoms with Crippen molar-refractivity contribution >= 4 is 27.8 Å². The smallest absolute Gasteiger partial charge is 0.326 e. The van der Waals surface area contributed by atoms with Crippen molar-refractivity contribution in [2.75, 3.05) is 0 Å². The van der Waals surface area contributed by atoms with Crippen molar-refractivity contribution in [3.63, 3.8) is 0 Å². The van der Waals surface area contributed by atoms with Gasteiger partial charge in [-0.3, -0.25) is 4.79 Å². The van der Waals surface area contributed by atoms with Gasteiger partial charge in [-0.1, -0.05) is 19.4 Å². The Labute approximate surface area is 114 Å². The van der Waals surface area contributed by atoms with Crippen LogP contribution in [0, 0.1) is 0 Å². The van der Waals surface area contributed by atoms with Crippen LogP contribution in [0.5, 0.6) is 0 Å². The molecule has 1 amide bonds. The number of carbonyl (C=O) groups excluding carboxylic acids is 1. The molecule has 1 atom stereocenters. The van der Waals surface area contributed by atoms with Crippen molar-refractivity contribution in [2.24, 2.45) is 0 Å². The largest absolute Gasteiger partial charge is 0.480 e. The number of nitrogens with one attached hydrogen (secondary N) is 1. The molecular weight excluding hydrogens is 300 g/mol. The van der Waals surface area contributed by atoms with Gasteiger partial charge in [-0.05, 0) is 34.0 Å². The molecule has 1 unspecified atom stereocenters. The van der Waals surface area contributed by atoms with Crippen LogP contribution in [-0.4, -0.2) is 28.0 Å². The molecule has 0 aliphatic carbocycles. The van der Waals surface area contributed by atoms with Crippen LogP contribution in [0.4, 0.5) is 0 Å². The number of hydrogen-bond donors (Lipinski definition) is 2. The molecule has 18 heavy (non-hydrogen) atoms. The Morgan fingerprint density at radius 3 is 2.83 bits per heavy atom. The number of nitrogens with zero attached hydrogens (tertiary/aromatic N) is 1. The normalized spacial score (nSPS) is 11.9. The van der Waals surface area contributed by atoms with Gasteiger partial charge in [0.2, 0.25) is 5.91 Å². The summed E-state index contributed by atoms with van der Waals surface area (Å²) in [4.78, 5) is 26.6. The molecule has 0 spiro atoms. The summed E-state index contributed by atoms with van der Waals surface area (Å²) in [5, 5.41) is 11.4. The fourth-order valence-electron chi connectivity index (χ4n) is 1.52. The lowest BCUT2D eigenvalue weighted by atomic mass is 10.1. The molecule has 0 aliphatic heterocycles. The lowest BCUT2D eigenvalue weighted by Crippen LogP contribution is -2.41. The van der Waals surface area contributed by atoms with Crippen LogP contribution in [0.15, 0.2) is 22.9 Å². The Morgan fingerprint density at radius 1 is 1.56 bits per heavy atom. The van der Waals surface area contributed by atoms with Gasteiger partial charge in [0.05, 0.1) is 6.42 Å². The zero-order valence-electron chi connectivity index (χ0n) is 10.0. The number of carbonyl (C=O) groups is 2. The molecule has 98 valence electrons. The maximum Gasteiger partial charge on any atom is 0.326 e. The highest BCUT2D eigenvalue weighted by atomic mass is 79.9. The van der Waals surface area contributed by atoms with Gasteiger partial charge in [0.15, 0.2) is 0 Å². The number of carboxylic acids is 1. The molecule has 0 saturated carbocycles. The topological polar surface area (TPSA) is 79.3 Å². The highest BCUT2D eigenvalue weighted by Crippen LogP contribution is 2.13. The van der Waals surface area contributed by atoms with Crippen LogP contribution in [0.1, 0.15) is 25.3 Å². The predicted molar refractivity (Wildman–Crippen MR) is 70.1 cm³/mol. The van der Waals surface area contributed by atoms with Gasteiger partial charge >= 0.3 is 5.97 Å². The molecule has 0 aliphatic rings. The van der Waals surface area contributed by atoms with Gasteiger partial charge in [-0.2, -0.15) is 0 Å². The van der Waals surface area contributed by atoms with Gasteiger partial charge in [-0.25, -0.2) is 9.78 Å². The second-order valence-electron chi connectivity index (χ2n) is 3.88. The molecule has 6 heteroatoms. The first kappa shape index (κ1) is 14.6. The van der Waals surface area contributed by atoms with Gasteiger partial charge in [0.1, 0.15) is 10.6 Å². The van der Waals surface area contributed by atoms with E-state index < -0.39 is 12.0 Å². The lowest BCUT2D eigenvalue weighted by Gasteiger charge is -2.13. The Kier molecular flexibility index (Phi) is 5.77. The lowest BCUT2D eigenvalue weighted by molar-refractivity contribution is -0.141. The summed E-state index contributed by atoms with van der Waals surface area (Å²) in [6.07, 6.45) is 2.85. The van der Waals surface area contributed by atoms with Crippen LogP contribution in [0.2, 0.25) is 0 Å². The standard InChI is InChI=1S/C12H15BrN2O3/c1-2-4-9(12(17)18)15-10(16)7-8-5-3-6-14-11(8)13/h3,5-6,9H,2,4,7H2,1H3,(H,15,16)(H,17,18). The molecule has 0 aromatic carbocycles. The third kappa shape index (κ3) is 4.44. The maximum atomic E-state index is 11.7. The van der Waals surface area contributed by atoms with Crippen molar-refractivity contribution in [1.29, 1.82) is 0 Å². The molecule has 1 heterocycles. The number of rotatable bonds is 6. The van der Waals surface area contributed by atoms with E-state index >= 15 is 0 Å². The molecule has 1 rings (SSSR count). The zero-order chi connectivity index (χ0) is 13.5. The summed E-state index contributed by atoms with van der Waals surface area (Å²) >= 11 is 3.24. The van der Waals surface area contributed by atoms with E-state index in [0.29, 0.717) is 17.4 Å². The number of amides is 1. The number of aliphatic carboxylic acids is 1. The van der Waals surface area contributed by atoms with Crippen molar-refractivity contribution in [2.45, 2.75) is 32.2 Å². The monoisotopic (exact) mass is 314 g/mol. The summed E-state index contributed by atoms with van der Waals surface area (Å²) in [6.45, 7) is 1.87. The quantitative estimate of drug-likeness (QED) is 0.784. The molecule has 1 aromatic rings. The number of aromatic nitrogens is 1. The molecule has 0 radical (unpaired) electrons. The van der Waals surface area contributed by atoms with E-state index in [9.17, 15) is 9.59 Å². The minimum Gasteiger partial charge on any atom is -0.480 e. The van der Waals surface area contributed by atoms with E-state index in [1.807, 2.05) is 6.92 Å². The second-order valence-corrected chi connectivity index (χ2v) is 4.63. The Bertz CT molecular complexity index is 437. The summed E-state index contributed by atoms with van der Waals surface area (Å²) in [5.74, 6) is -1.32. The first-order chi connectivity index (χ1) is 8.54. The van der Waals surface area contributed by atoms with E-state index in [0.717, 1.165) is 5.56 Å². The second kappa shape index (κ2) is 7.10. The van der Waals surface area contributed by atoms with Crippen LogP contribution in [0.25, 0.3) is 0 Å². The number of halogens is 1. The van der Waals surface area contributed by atoms with Crippen LogP contribution in [-0.2, 0) is 16.0 Å². The van der Waals surface area contributed by atoms with Crippen LogP contribution < -0.4 is 5.32 Å². The van der Waals surface area contributed by atoms with Gasteiger partial charge in [0, 0.05) is 6.20 Å². The van der Waals surface area contributed by atoms with Crippen LogP contribution >= 0.6 is 15.9 Å². The third-order valence-corrected chi connectivity index (χ3v) is 3.11. The Hall–Kier alpha value is -1.43. The SMILES string of the molecule is CCCC(NC(=O)Cc1cccnc1Br)C(=O)O. The Morgan fingerprint density at radius 2 is 2.28 bits per heavy atom. The Balaban J connectivity index is 2.61. The minimum absolute atomic E-state index is 0.113. The third-order valence-electron chi connectivity index (χ3n) is 2.40. The van der Waals surface area contributed by atoms with E-state index in [1.165, 1.54) is 0 Å². The van der Waals surface area contributed by atoms with E-state index in [-0.39, 0.29) is 12.3 Å². The summed E-state index contributed by atoms with van der Waals surface area (Å²) in [7, 11) is 0. The average Bonchev–Trinajstić information content (AvgIpc) is 2.31. The molecular formula is C12H15BrN2O3. The minimum atomic E-state index is -1.00. The molecule has 1 aromatic heterocycles. The van der Waals surface area contributed by atoms with Gasteiger partial charge in [-0.15, -0.1) is 0 Å². The van der Waals surface area contributed by atoms with Crippen molar-refractivity contribution < 1.29 is 14.7 Å². The van der Waals surface area contributed by atoms with E-state index in [4.69, 9.17) is 5.11 Å². The first-order valence-electron chi connectivity index (χ1n) is 5.66. The van der Waals surface area contributed by atoms with Crippen LogP contribution in [0.3, 0.4) is 0 Å². The van der Waals surface area contributed by atoms with Crippen molar-refractivity contribution in [1.82, 2.24) is 10.3 Å².